The Labute approximate surface area is 175 Å². The Kier molecular flexibility index (Phi) is 7.55. The minimum atomic E-state index is -6.56. The van der Waals surface area contributed by atoms with Crippen molar-refractivity contribution in [2.75, 3.05) is 6.61 Å². The van der Waals surface area contributed by atoms with Gasteiger partial charge in [0.2, 0.25) is 0 Å². The minimum absolute atomic E-state index is 0.0724. The molecule has 13 heteroatoms. The molecule has 0 unspecified atom stereocenters. The number of esters is 1. The average Bonchev–Trinajstić information content (AvgIpc) is 2.35. The summed E-state index contributed by atoms with van der Waals surface area (Å²) in [6.45, 7) is -1.19. The van der Waals surface area contributed by atoms with E-state index in [1.54, 1.807) is 12.1 Å². The molecule has 1 aromatic rings. The molecule has 0 fully saturated rings. The molecule has 0 aliphatic carbocycles. The zero-order valence-corrected chi connectivity index (χ0v) is 18.5. The van der Waals surface area contributed by atoms with Gasteiger partial charge in [-0.05, 0) is 79.9 Å². The summed E-state index contributed by atoms with van der Waals surface area (Å²) in [4.78, 5) is 11.9. The first-order valence-electron chi connectivity index (χ1n) is 5.73. The molecule has 0 aromatic heterocycles. The van der Waals surface area contributed by atoms with Crippen LogP contribution < -0.4 is 0 Å². The molecule has 0 N–H and O–H groups in total. The predicted octanol–water partition coefficient (Wildman–Crippen LogP) is 3.82. The molecule has 0 aliphatic rings. The summed E-state index contributed by atoms with van der Waals surface area (Å²) >= 11 is 5.63. The lowest BCUT2D eigenvalue weighted by molar-refractivity contribution is -0.168. The first-order valence-corrected chi connectivity index (χ1v) is 10.4. The Morgan fingerprint density at radius 2 is 1.58 bits per heavy atom. The predicted molar refractivity (Wildman–Crippen MR) is 99.1 cm³/mol. The van der Waals surface area contributed by atoms with E-state index in [0.717, 1.165) is 3.57 Å². The summed E-state index contributed by atoms with van der Waals surface area (Å²) in [5.74, 6) is -6.19. The molecule has 0 saturated heterocycles. The van der Waals surface area contributed by atoms with Crippen molar-refractivity contribution in [3.05, 3.63) is 28.4 Å². The molecule has 0 heterocycles. The van der Waals surface area contributed by atoms with Gasteiger partial charge < -0.3 is 9.29 Å². The van der Waals surface area contributed by atoms with Crippen LogP contribution in [-0.2, 0) is 14.9 Å². The van der Waals surface area contributed by atoms with Gasteiger partial charge in [-0.2, -0.15) is 17.6 Å². The van der Waals surface area contributed by atoms with Crippen molar-refractivity contribution in [3.8, 4) is 0 Å². The fourth-order valence-corrected chi connectivity index (χ4v) is 5.90. The third kappa shape index (κ3) is 5.03. The molecule has 0 atom stereocenters. The smallest absolute Gasteiger partial charge is 0.396 e. The number of hydrogen-bond acceptors (Lipinski definition) is 5. The monoisotopic (exact) mass is 707 g/mol. The number of benzene rings is 1. The first-order chi connectivity index (χ1) is 10.7. The van der Waals surface area contributed by atoms with Crippen LogP contribution in [0.5, 0.6) is 0 Å². The van der Waals surface area contributed by atoms with Crippen LogP contribution in [0.2, 0.25) is 0 Å². The fourth-order valence-electron chi connectivity index (χ4n) is 1.41. The maximum Gasteiger partial charge on any atom is 0.396 e. The van der Waals surface area contributed by atoms with E-state index >= 15 is 0 Å². The van der Waals surface area contributed by atoms with Crippen LogP contribution in [0.1, 0.15) is 16.8 Å². The quantitative estimate of drug-likeness (QED) is 0.195. The van der Waals surface area contributed by atoms with Crippen molar-refractivity contribution in [3.63, 3.8) is 0 Å². The molecule has 1 rings (SSSR count). The molecule has 136 valence electrons. The van der Waals surface area contributed by atoms with Crippen LogP contribution in [0.25, 0.3) is 0 Å². The maximum atomic E-state index is 13.2. The van der Waals surface area contributed by atoms with Gasteiger partial charge in [0.1, 0.15) is 0 Å². The molecule has 0 bridgehead atoms. The Balaban J connectivity index is 2.83. The summed E-state index contributed by atoms with van der Waals surface area (Å²) in [5, 5.41) is -5.79. The third-order valence-electron chi connectivity index (χ3n) is 2.60. The van der Waals surface area contributed by atoms with Crippen molar-refractivity contribution < 1.29 is 40.1 Å². The number of hydrogen-bond donors (Lipinski definition) is 0. The van der Waals surface area contributed by atoms with Crippen molar-refractivity contribution in [2.45, 2.75) is 17.6 Å². The largest absolute Gasteiger partial charge is 0.743 e. The van der Waals surface area contributed by atoms with E-state index in [1.165, 1.54) is 0 Å². The number of halogens is 7. The number of ether oxygens (including phenoxy) is 1. The summed E-state index contributed by atoms with van der Waals surface area (Å²) in [7, 11) is -6.56. The Morgan fingerprint density at radius 1 is 1.12 bits per heavy atom. The second-order valence-electron chi connectivity index (χ2n) is 4.31. The van der Waals surface area contributed by atoms with Gasteiger partial charge in [0.15, 0.2) is 10.1 Å². The zero-order valence-electron chi connectivity index (χ0n) is 11.2. The molecular formula is C11H6F4I3O5S-. The van der Waals surface area contributed by atoms with Gasteiger partial charge in [0.05, 0.1) is 18.6 Å². The standard InChI is InChI=1S/C11H7F4I3O5S/c12-10(13,11(14,15)24(20,21)22)1-2-23-9(19)8-6(17)3-5(16)4-7(8)18/h3-4H,1-2H2,(H,20,21,22)/p-1. The van der Waals surface area contributed by atoms with Gasteiger partial charge in [-0.1, -0.05) is 0 Å². The molecule has 0 spiro atoms. The van der Waals surface area contributed by atoms with Crippen LogP contribution in [0.4, 0.5) is 17.6 Å². The molecular weight excluding hydrogens is 701 g/mol. The number of carbonyl (C=O) groups excluding carboxylic acids is 1. The Hall–Kier alpha value is 0.510. The number of rotatable bonds is 6. The summed E-state index contributed by atoms with van der Waals surface area (Å²) < 4.78 is 89.3. The fraction of sp³-hybridized carbons (Fsp3) is 0.364. The summed E-state index contributed by atoms with van der Waals surface area (Å²) in [6.07, 6.45) is -1.81. The van der Waals surface area contributed by atoms with Crippen LogP contribution >= 0.6 is 67.8 Å². The number of alkyl halides is 4. The molecule has 5 nitrogen and oxygen atoms in total. The van der Waals surface area contributed by atoms with Gasteiger partial charge in [-0.15, -0.1) is 0 Å². The van der Waals surface area contributed by atoms with Crippen molar-refractivity contribution in [2.24, 2.45) is 0 Å². The second-order valence-corrected chi connectivity index (χ2v) is 9.30. The third-order valence-corrected chi connectivity index (χ3v) is 5.85. The van der Waals surface area contributed by atoms with E-state index in [9.17, 15) is 35.3 Å². The van der Waals surface area contributed by atoms with Crippen molar-refractivity contribution in [1.29, 1.82) is 0 Å². The molecule has 0 radical (unpaired) electrons. The molecule has 0 amide bonds. The molecule has 0 aliphatic heterocycles. The summed E-state index contributed by atoms with van der Waals surface area (Å²) in [6, 6.07) is 3.24. The van der Waals surface area contributed by atoms with E-state index in [1.807, 2.05) is 67.8 Å². The highest BCUT2D eigenvalue weighted by atomic mass is 127. The summed E-state index contributed by atoms with van der Waals surface area (Å²) in [5.41, 5.74) is 0.0724. The molecule has 0 saturated carbocycles. The van der Waals surface area contributed by atoms with Gasteiger partial charge in [-0.3, -0.25) is 0 Å². The van der Waals surface area contributed by atoms with E-state index < -0.39 is 40.3 Å². The SMILES string of the molecule is O=C(OCCC(F)(F)C(F)(F)S(=O)(=O)[O-])c1c(I)cc(I)cc1I. The normalized spacial score (nSPS) is 13.0. The lowest BCUT2D eigenvalue weighted by Gasteiger charge is -2.28. The lowest BCUT2D eigenvalue weighted by atomic mass is 10.2. The number of carbonyl (C=O) groups is 1. The van der Waals surface area contributed by atoms with Gasteiger partial charge >= 0.3 is 17.1 Å². The van der Waals surface area contributed by atoms with Crippen LogP contribution in [0.15, 0.2) is 12.1 Å². The van der Waals surface area contributed by atoms with Crippen molar-refractivity contribution in [1.82, 2.24) is 0 Å². The average molecular weight is 707 g/mol. The van der Waals surface area contributed by atoms with E-state index in [2.05, 4.69) is 4.74 Å². The molecule has 1 aromatic carbocycles. The highest BCUT2D eigenvalue weighted by molar-refractivity contribution is 14.1. The van der Waals surface area contributed by atoms with Crippen LogP contribution in [-0.4, -0.2) is 36.7 Å². The Morgan fingerprint density at radius 3 is 2.00 bits per heavy atom. The maximum absolute atomic E-state index is 13.2. The van der Waals surface area contributed by atoms with E-state index in [4.69, 9.17) is 0 Å². The van der Waals surface area contributed by atoms with E-state index in [0.29, 0.717) is 7.14 Å². The Bertz CT molecular complexity index is 731. The van der Waals surface area contributed by atoms with E-state index in [-0.39, 0.29) is 5.56 Å². The van der Waals surface area contributed by atoms with Gasteiger partial charge in [-0.25, -0.2) is 13.2 Å². The second kappa shape index (κ2) is 8.03. The minimum Gasteiger partial charge on any atom is -0.743 e. The van der Waals surface area contributed by atoms with Crippen LogP contribution in [0.3, 0.4) is 0 Å². The van der Waals surface area contributed by atoms with Gasteiger partial charge in [0.25, 0.3) is 0 Å². The molecule has 24 heavy (non-hydrogen) atoms. The van der Waals surface area contributed by atoms with Crippen LogP contribution in [0, 0.1) is 10.7 Å². The zero-order chi connectivity index (χ0) is 18.9. The van der Waals surface area contributed by atoms with Gasteiger partial charge in [0, 0.05) is 10.7 Å². The van der Waals surface area contributed by atoms with Crippen molar-refractivity contribution >= 4 is 83.9 Å². The lowest BCUT2D eigenvalue weighted by Crippen LogP contribution is -2.47. The highest BCUT2D eigenvalue weighted by Crippen LogP contribution is 2.40. The topological polar surface area (TPSA) is 83.5 Å². The highest BCUT2D eigenvalue weighted by Gasteiger charge is 2.61. The first kappa shape index (κ1) is 22.6.